The van der Waals surface area contributed by atoms with E-state index in [9.17, 15) is 9.59 Å². The molecule has 0 aliphatic carbocycles. The topological polar surface area (TPSA) is 131 Å². The minimum absolute atomic E-state index is 0.0359. The van der Waals surface area contributed by atoms with Crippen LogP contribution in [0.1, 0.15) is 10.4 Å². The molecule has 0 fully saturated rings. The highest BCUT2D eigenvalue weighted by atomic mass is 16.4. The minimum atomic E-state index is -0.705. The fourth-order valence-corrected chi connectivity index (χ4v) is 2.07. The van der Waals surface area contributed by atoms with E-state index >= 15 is 0 Å². The van der Waals surface area contributed by atoms with Gasteiger partial charge in [0.2, 0.25) is 0 Å². The molecule has 9 heteroatoms. The molecule has 0 atom stereocenters. The zero-order valence-corrected chi connectivity index (χ0v) is 13.0. The van der Waals surface area contributed by atoms with Crippen LogP contribution in [0, 0.1) is 0 Å². The number of rotatable bonds is 3. The Morgan fingerprint density at radius 2 is 1.96 bits per heavy atom. The van der Waals surface area contributed by atoms with E-state index in [1.165, 1.54) is 11.1 Å². The molecular weight excluding hydrogens is 312 g/mol. The van der Waals surface area contributed by atoms with E-state index in [1.807, 2.05) is 0 Å². The van der Waals surface area contributed by atoms with Crippen LogP contribution in [0.5, 0.6) is 0 Å². The molecule has 1 aromatic carbocycles. The van der Waals surface area contributed by atoms with Crippen LogP contribution in [-0.4, -0.2) is 45.1 Å². The maximum absolute atomic E-state index is 11.9. The van der Waals surface area contributed by atoms with Gasteiger partial charge in [0.25, 0.3) is 11.8 Å². The van der Waals surface area contributed by atoms with Crippen molar-refractivity contribution >= 4 is 11.7 Å². The van der Waals surface area contributed by atoms with Gasteiger partial charge in [0.15, 0.2) is 11.5 Å². The Bertz CT molecular complexity index is 942. The lowest BCUT2D eigenvalue weighted by Gasteiger charge is -2.10. The Labute approximate surface area is 136 Å². The van der Waals surface area contributed by atoms with Crippen LogP contribution in [0.25, 0.3) is 22.8 Å². The van der Waals surface area contributed by atoms with Crippen molar-refractivity contribution < 1.29 is 9.21 Å². The van der Waals surface area contributed by atoms with Crippen molar-refractivity contribution in [3.8, 4) is 22.8 Å². The largest absolute Gasteiger partial charge is 0.434 e. The summed E-state index contributed by atoms with van der Waals surface area (Å²) in [6, 6.07) is 6.90. The van der Waals surface area contributed by atoms with E-state index < -0.39 is 5.76 Å². The number of anilines is 1. The highest BCUT2D eigenvalue weighted by Crippen LogP contribution is 2.24. The van der Waals surface area contributed by atoms with Gasteiger partial charge in [0.1, 0.15) is 0 Å². The number of aromatic amines is 1. The predicted octanol–water partition coefficient (Wildman–Crippen LogP) is 0.771. The number of nitrogens with two attached hydrogens (primary N) is 1. The Hall–Kier alpha value is -3.49. The lowest BCUT2D eigenvalue weighted by molar-refractivity contribution is 0.0827. The molecule has 0 unspecified atom stereocenters. The fourth-order valence-electron chi connectivity index (χ4n) is 2.07. The number of H-pyrrole nitrogens is 1. The van der Waals surface area contributed by atoms with Crippen LogP contribution in [0.4, 0.5) is 5.82 Å². The van der Waals surface area contributed by atoms with Crippen LogP contribution in [0.2, 0.25) is 0 Å². The summed E-state index contributed by atoms with van der Waals surface area (Å²) in [7, 11) is 3.37. The van der Waals surface area contributed by atoms with Gasteiger partial charge in [0, 0.05) is 25.2 Å². The summed E-state index contributed by atoms with van der Waals surface area (Å²) in [5.41, 5.74) is 7.73. The molecule has 0 aliphatic rings. The number of hydrogen-bond acceptors (Lipinski definition) is 7. The van der Waals surface area contributed by atoms with Crippen molar-refractivity contribution in [2.75, 3.05) is 19.8 Å². The molecule has 122 valence electrons. The third kappa shape index (κ3) is 2.86. The zero-order valence-electron chi connectivity index (χ0n) is 13.0. The standard InChI is InChI=1S/C15H14N6O3/c1-21(2)14(22)9-5-3-8(4-6-9)10-7-17-12(16)11(18-10)13-19-20-15(23)24-13/h3-7H,1-2H3,(H2,16,17)(H,20,23). The van der Waals surface area contributed by atoms with Gasteiger partial charge in [-0.3, -0.25) is 4.79 Å². The lowest BCUT2D eigenvalue weighted by Crippen LogP contribution is -2.21. The Kier molecular flexibility index (Phi) is 3.82. The Morgan fingerprint density at radius 3 is 2.54 bits per heavy atom. The number of carbonyl (C=O) groups excluding carboxylic acids is 1. The molecular formula is C15H14N6O3. The number of aromatic nitrogens is 4. The maximum Gasteiger partial charge on any atom is 0.434 e. The Balaban J connectivity index is 1.98. The SMILES string of the molecule is CN(C)C(=O)c1ccc(-c2cnc(N)c(-c3n[nH]c(=O)o3)n2)cc1. The summed E-state index contributed by atoms with van der Waals surface area (Å²) < 4.78 is 4.86. The van der Waals surface area contributed by atoms with Gasteiger partial charge >= 0.3 is 5.76 Å². The first-order valence-electron chi connectivity index (χ1n) is 6.96. The van der Waals surface area contributed by atoms with E-state index in [0.717, 1.165) is 5.56 Å². The highest BCUT2D eigenvalue weighted by Gasteiger charge is 2.15. The predicted molar refractivity (Wildman–Crippen MR) is 86.0 cm³/mol. The molecule has 0 radical (unpaired) electrons. The van der Waals surface area contributed by atoms with Crippen LogP contribution < -0.4 is 11.5 Å². The Morgan fingerprint density at radius 1 is 1.25 bits per heavy atom. The molecule has 1 amide bonds. The summed E-state index contributed by atoms with van der Waals surface area (Å²) in [6.07, 6.45) is 1.49. The molecule has 0 saturated heterocycles. The van der Waals surface area contributed by atoms with Gasteiger partial charge in [-0.05, 0) is 12.1 Å². The zero-order chi connectivity index (χ0) is 17.3. The van der Waals surface area contributed by atoms with Crippen molar-refractivity contribution in [2.24, 2.45) is 0 Å². The van der Waals surface area contributed by atoms with Gasteiger partial charge in [-0.1, -0.05) is 12.1 Å². The molecule has 3 rings (SSSR count). The van der Waals surface area contributed by atoms with Crippen LogP contribution in [0.15, 0.2) is 39.7 Å². The van der Waals surface area contributed by atoms with Gasteiger partial charge in [-0.15, -0.1) is 5.10 Å². The van der Waals surface area contributed by atoms with Crippen molar-refractivity contribution in [1.29, 1.82) is 0 Å². The summed E-state index contributed by atoms with van der Waals surface area (Å²) >= 11 is 0. The number of benzene rings is 1. The van der Waals surface area contributed by atoms with Crippen molar-refractivity contribution in [3.05, 3.63) is 46.6 Å². The van der Waals surface area contributed by atoms with E-state index in [0.29, 0.717) is 11.3 Å². The highest BCUT2D eigenvalue weighted by molar-refractivity contribution is 5.94. The van der Waals surface area contributed by atoms with Crippen molar-refractivity contribution in [3.63, 3.8) is 0 Å². The summed E-state index contributed by atoms with van der Waals surface area (Å²) in [5.74, 6) is -0.744. The van der Waals surface area contributed by atoms with Crippen molar-refractivity contribution in [1.82, 2.24) is 25.1 Å². The third-order valence-corrected chi connectivity index (χ3v) is 3.28. The van der Waals surface area contributed by atoms with E-state index in [4.69, 9.17) is 10.2 Å². The monoisotopic (exact) mass is 326 g/mol. The average Bonchev–Trinajstić information content (AvgIpc) is 3.01. The first-order valence-corrected chi connectivity index (χ1v) is 6.96. The van der Waals surface area contributed by atoms with Gasteiger partial charge in [-0.25, -0.2) is 19.9 Å². The maximum atomic E-state index is 11.9. The minimum Gasteiger partial charge on any atom is -0.386 e. The van der Waals surface area contributed by atoms with E-state index in [1.54, 1.807) is 38.4 Å². The molecule has 2 aromatic heterocycles. The van der Waals surface area contributed by atoms with E-state index in [-0.39, 0.29) is 23.3 Å². The molecule has 3 aromatic rings. The molecule has 0 aliphatic heterocycles. The van der Waals surface area contributed by atoms with Crippen LogP contribution in [0.3, 0.4) is 0 Å². The molecule has 0 spiro atoms. The summed E-state index contributed by atoms with van der Waals surface area (Å²) in [5, 5.41) is 5.85. The van der Waals surface area contributed by atoms with Gasteiger partial charge < -0.3 is 15.1 Å². The number of nitrogen functional groups attached to an aromatic ring is 1. The number of hydrogen-bond donors (Lipinski definition) is 2. The third-order valence-electron chi connectivity index (χ3n) is 3.28. The molecule has 0 bridgehead atoms. The summed E-state index contributed by atoms with van der Waals surface area (Å²) in [4.78, 5) is 32.9. The van der Waals surface area contributed by atoms with Crippen LogP contribution in [-0.2, 0) is 0 Å². The average molecular weight is 326 g/mol. The molecule has 2 heterocycles. The quantitative estimate of drug-likeness (QED) is 0.726. The molecule has 24 heavy (non-hydrogen) atoms. The normalized spacial score (nSPS) is 10.6. The van der Waals surface area contributed by atoms with E-state index in [2.05, 4.69) is 20.2 Å². The lowest BCUT2D eigenvalue weighted by atomic mass is 10.1. The van der Waals surface area contributed by atoms with Gasteiger partial charge in [0.05, 0.1) is 11.9 Å². The first-order chi connectivity index (χ1) is 11.5. The first kappa shape index (κ1) is 15.4. The van der Waals surface area contributed by atoms with Crippen LogP contribution >= 0.6 is 0 Å². The second-order valence-electron chi connectivity index (χ2n) is 5.18. The second-order valence-corrected chi connectivity index (χ2v) is 5.18. The number of amides is 1. The fraction of sp³-hybridized carbons (Fsp3) is 0.133. The van der Waals surface area contributed by atoms with Gasteiger partial charge in [-0.2, -0.15) is 0 Å². The molecule has 3 N–H and O–H groups in total. The second kappa shape index (κ2) is 5.95. The molecule has 9 nitrogen and oxygen atoms in total. The number of nitrogens with zero attached hydrogens (tertiary/aromatic N) is 4. The molecule has 0 saturated carbocycles. The smallest absolute Gasteiger partial charge is 0.386 e. The number of nitrogens with one attached hydrogen (secondary N) is 1. The van der Waals surface area contributed by atoms with Crippen molar-refractivity contribution in [2.45, 2.75) is 0 Å². The number of carbonyl (C=O) groups is 1. The summed E-state index contributed by atoms with van der Waals surface area (Å²) in [6.45, 7) is 0.